The smallest absolute Gasteiger partial charge is 0.469 e. The minimum Gasteiger partial charge on any atom is -0.481 e. The summed E-state index contributed by atoms with van der Waals surface area (Å²) in [5.41, 5.74) is 0. The Hall–Kier alpha value is -1.99. The van der Waals surface area contributed by atoms with Crippen LogP contribution in [0.3, 0.4) is 0 Å². The summed E-state index contributed by atoms with van der Waals surface area (Å²) < 4.78 is 16.2. The van der Waals surface area contributed by atoms with Crippen LogP contribution in [-0.2, 0) is 18.7 Å². The maximum absolute atomic E-state index is 12.3. The molecule has 0 saturated carbocycles. The molecule has 48 heavy (non-hydrogen) atoms. The van der Waals surface area contributed by atoms with Crippen LogP contribution in [0.2, 0.25) is 0 Å². The molecule has 9 heteroatoms. The number of carboxylic acids is 2. The largest absolute Gasteiger partial charge is 0.481 e. The fourth-order valence-corrected chi connectivity index (χ4v) is 6.22. The number of allylic oxidation sites excluding steroid dienone is 8. The van der Waals surface area contributed by atoms with Crippen molar-refractivity contribution in [2.75, 3.05) is 6.61 Å². The molecule has 0 amide bonds. The number of carboxylic acid groups (broad SMARTS) is 2. The first kappa shape index (κ1) is 46.0. The molecule has 0 aromatic heterocycles. The second-order valence-electron chi connectivity index (χ2n) is 13.1. The van der Waals surface area contributed by atoms with Gasteiger partial charge in [-0.3, -0.25) is 14.1 Å². The molecule has 4 N–H and O–H groups in total. The molecule has 0 spiro atoms. The lowest BCUT2D eigenvalue weighted by molar-refractivity contribution is -0.148. The van der Waals surface area contributed by atoms with Crippen molar-refractivity contribution in [3.8, 4) is 0 Å². The van der Waals surface area contributed by atoms with Crippen LogP contribution in [0.4, 0.5) is 0 Å². The van der Waals surface area contributed by atoms with Crippen LogP contribution >= 0.6 is 7.82 Å². The van der Waals surface area contributed by atoms with Gasteiger partial charge >= 0.3 is 19.8 Å². The van der Waals surface area contributed by atoms with Gasteiger partial charge in [0.05, 0.1) is 18.4 Å². The van der Waals surface area contributed by atoms with Gasteiger partial charge in [0.15, 0.2) is 0 Å². The van der Waals surface area contributed by atoms with E-state index in [2.05, 4.69) is 62.5 Å². The van der Waals surface area contributed by atoms with Crippen molar-refractivity contribution in [1.82, 2.24) is 0 Å². The summed E-state index contributed by atoms with van der Waals surface area (Å²) in [7, 11) is -4.83. The molecular formula is C39H69O8P. The molecule has 0 aliphatic carbocycles. The summed E-state index contributed by atoms with van der Waals surface area (Å²) >= 11 is 0. The van der Waals surface area contributed by atoms with E-state index in [1.165, 1.54) is 38.5 Å². The lowest BCUT2D eigenvalue weighted by Crippen LogP contribution is -2.31. The van der Waals surface area contributed by atoms with Gasteiger partial charge in [0.2, 0.25) is 0 Å². The Morgan fingerprint density at radius 3 is 1.40 bits per heavy atom. The number of carbonyl (C=O) groups is 2. The van der Waals surface area contributed by atoms with Crippen molar-refractivity contribution in [1.29, 1.82) is 0 Å². The van der Waals surface area contributed by atoms with Crippen molar-refractivity contribution in [2.45, 2.75) is 162 Å². The molecule has 0 bridgehead atoms. The van der Waals surface area contributed by atoms with Crippen LogP contribution in [0.1, 0.15) is 162 Å². The zero-order chi connectivity index (χ0) is 35.7. The van der Waals surface area contributed by atoms with Gasteiger partial charge in [-0.15, -0.1) is 0 Å². The number of phosphoric acid groups is 1. The Balaban J connectivity index is 4.67. The molecule has 0 aliphatic heterocycles. The Morgan fingerprint density at radius 2 is 1.00 bits per heavy atom. The highest BCUT2D eigenvalue weighted by Crippen LogP contribution is 2.39. The highest BCUT2D eigenvalue weighted by atomic mass is 31.2. The molecular weight excluding hydrogens is 627 g/mol. The second kappa shape index (κ2) is 32.2. The van der Waals surface area contributed by atoms with Gasteiger partial charge in [0, 0.05) is 0 Å². The number of hydrogen-bond donors (Lipinski definition) is 4. The molecule has 0 rings (SSSR count). The Kier molecular flexibility index (Phi) is 30.9. The standard InChI is InChI=1S/C39H69O8P/c1-3-5-7-9-11-13-15-17-19-21-23-25-27-29-31-35(38(40)41)33-36(34-47-48(44,45)46)37(39(42)43)32-30-28-26-24-22-20-18-16-14-12-10-8-6-4-2/h11-14,17-20,35-37H,3-10,15-16,21-34H2,1-2H3,(H,40,41)(H,42,43)(H2,44,45,46)/b13-11-,14-12-,19-17-,20-18-. The molecule has 0 aromatic rings. The number of rotatable bonds is 34. The van der Waals surface area contributed by atoms with E-state index in [-0.39, 0.29) is 6.42 Å². The third-order valence-electron chi connectivity index (χ3n) is 8.75. The maximum Gasteiger partial charge on any atom is 0.469 e. The van der Waals surface area contributed by atoms with Gasteiger partial charge in [-0.1, -0.05) is 127 Å². The zero-order valence-corrected chi connectivity index (χ0v) is 31.1. The lowest BCUT2D eigenvalue weighted by atomic mass is 9.80. The van der Waals surface area contributed by atoms with E-state index >= 15 is 0 Å². The Morgan fingerprint density at radius 1 is 0.583 bits per heavy atom. The van der Waals surface area contributed by atoms with Crippen molar-refractivity contribution in [3.05, 3.63) is 48.6 Å². The van der Waals surface area contributed by atoms with Crippen LogP contribution in [0.25, 0.3) is 0 Å². The number of hydrogen-bond acceptors (Lipinski definition) is 4. The summed E-state index contributed by atoms with van der Waals surface area (Å²) in [5.74, 6) is -4.62. The molecule has 3 atom stereocenters. The highest BCUT2D eigenvalue weighted by Gasteiger charge is 2.34. The molecule has 0 aromatic carbocycles. The minimum atomic E-state index is -4.83. The van der Waals surface area contributed by atoms with Gasteiger partial charge in [-0.2, -0.15) is 0 Å². The van der Waals surface area contributed by atoms with Crippen molar-refractivity contribution in [3.63, 3.8) is 0 Å². The number of aliphatic carboxylic acids is 2. The van der Waals surface area contributed by atoms with E-state index in [9.17, 15) is 34.2 Å². The third kappa shape index (κ3) is 30.1. The average molecular weight is 697 g/mol. The van der Waals surface area contributed by atoms with E-state index in [1.54, 1.807) is 0 Å². The molecule has 278 valence electrons. The van der Waals surface area contributed by atoms with Crippen LogP contribution in [0.5, 0.6) is 0 Å². The lowest BCUT2D eigenvalue weighted by Gasteiger charge is -2.27. The van der Waals surface area contributed by atoms with Gasteiger partial charge in [0.1, 0.15) is 0 Å². The Labute approximate surface area is 292 Å². The first-order valence-corrected chi connectivity index (χ1v) is 20.4. The molecule has 0 aliphatic rings. The predicted octanol–water partition coefficient (Wildman–Crippen LogP) is 11.4. The topological polar surface area (TPSA) is 141 Å². The van der Waals surface area contributed by atoms with E-state index in [0.717, 1.165) is 77.0 Å². The van der Waals surface area contributed by atoms with Gasteiger partial charge < -0.3 is 20.0 Å². The molecule has 0 heterocycles. The Bertz CT molecular complexity index is 952. The van der Waals surface area contributed by atoms with Crippen molar-refractivity contribution < 1.29 is 38.7 Å². The fourth-order valence-electron chi connectivity index (χ4n) is 5.83. The predicted molar refractivity (Wildman–Crippen MR) is 198 cm³/mol. The average Bonchev–Trinajstić information content (AvgIpc) is 3.03. The minimum absolute atomic E-state index is 0.0127. The summed E-state index contributed by atoms with van der Waals surface area (Å²) in [5, 5.41) is 19.9. The first-order valence-electron chi connectivity index (χ1n) is 18.9. The zero-order valence-electron chi connectivity index (χ0n) is 30.2. The highest BCUT2D eigenvalue weighted by molar-refractivity contribution is 7.46. The van der Waals surface area contributed by atoms with Crippen molar-refractivity contribution >= 4 is 19.8 Å². The second-order valence-corrected chi connectivity index (χ2v) is 14.3. The summed E-state index contributed by atoms with van der Waals surface area (Å²) in [6, 6.07) is 0. The van der Waals surface area contributed by atoms with E-state index < -0.39 is 44.1 Å². The summed E-state index contributed by atoms with van der Waals surface area (Å²) in [4.78, 5) is 43.0. The number of unbranched alkanes of at least 4 members (excludes halogenated alkanes) is 14. The normalized spacial score (nSPS) is 14.5. The molecule has 0 fully saturated rings. The quantitative estimate of drug-likeness (QED) is 0.0296. The van der Waals surface area contributed by atoms with E-state index in [4.69, 9.17) is 4.52 Å². The molecule has 3 unspecified atom stereocenters. The third-order valence-corrected chi connectivity index (χ3v) is 9.23. The first-order chi connectivity index (χ1) is 23.1. The summed E-state index contributed by atoms with van der Waals surface area (Å²) in [6.07, 6.45) is 39.1. The van der Waals surface area contributed by atoms with Crippen LogP contribution in [0, 0.1) is 17.8 Å². The van der Waals surface area contributed by atoms with Crippen LogP contribution in [0.15, 0.2) is 48.6 Å². The summed E-state index contributed by atoms with van der Waals surface area (Å²) in [6.45, 7) is 3.93. The monoisotopic (exact) mass is 696 g/mol. The van der Waals surface area contributed by atoms with Gasteiger partial charge in [0.25, 0.3) is 0 Å². The van der Waals surface area contributed by atoms with Gasteiger partial charge in [-0.25, -0.2) is 4.57 Å². The maximum atomic E-state index is 12.3. The van der Waals surface area contributed by atoms with E-state index in [0.29, 0.717) is 25.7 Å². The SMILES string of the molecule is CCCCC/C=C\C/C=C\CCCCCCC(CC(COP(=O)(O)O)C(CCCCCC/C=C\C/C=C\CCCCC)C(=O)O)C(=O)O. The molecule has 0 saturated heterocycles. The van der Waals surface area contributed by atoms with Gasteiger partial charge in [-0.05, 0) is 89.4 Å². The molecule has 0 radical (unpaired) electrons. The van der Waals surface area contributed by atoms with E-state index in [1.807, 2.05) is 0 Å². The number of phosphoric ester groups is 1. The molecule has 8 nitrogen and oxygen atoms in total. The van der Waals surface area contributed by atoms with Crippen molar-refractivity contribution in [2.24, 2.45) is 17.8 Å². The van der Waals surface area contributed by atoms with Crippen LogP contribution in [-0.4, -0.2) is 38.5 Å². The van der Waals surface area contributed by atoms with Crippen LogP contribution < -0.4 is 0 Å². The fraction of sp³-hybridized carbons (Fsp3) is 0.744.